The lowest BCUT2D eigenvalue weighted by Gasteiger charge is -2.26. The third-order valence-electron chi connectivity index (χ3n) is 4.97. The van der Waals surface area contributed by atoms with Crippen LogP contribution in [0.4, 0.5) is 16.2 Å². The van der Waals surface area contributed by atoms with E-state index in [2.05, 4.69) is 10.3 Å². The van der Waals surface area contributed by atoms with Gasteiger partial charge in [-0.05, 0) is 41.3 Å². The number of nitrogens with zero attached hydrogens (tertiary/aromatic N) is 2. The molecule has 0 radical (unpaired) electrons. The molecule has 3 aliphatic heterocycles. The van der Waals surface area contributed by atoms with Crippen molar-refractivity contribution in [1.29, 1.82) is 0 Å². The summed E-state index contributed by atoms with van der Waals surface area (Å²) in [4.78, 5) is 42.5. The first-order valence-electron chi connectivity index (χ1n) is 9.65. The van der Waals surface area contributed by atoms with E-state index >= 15 is 0 Å². The van der Waals surface area contributed by atoms with Gasteiger partial charge in [0.25, 0.3) is 5.91 Å². The molecule has 0 saturated carbocycles. The van der Waals surface area contributed by atoms with Crippen LogP contribution in [0.25, 0.3) is 0 Å². The minimum Gasteiger partial charge on any atom is -0.486 e. The summed E-state index contributed by atoms with van der Waals surface area (Å²) < 4.78 is 11.0. The Balaban J connectivity index is 1.25. The van der Waals surface area contributed by atoms with E-state index < -0.39 is 11.3 Å². The summed E-state index contributed by atoms with van der Waals surface area (Å²) in [6, 6.07) is 11.4. The highest BCUT2D eigenvalue weighted by atomic mass is 32.2. The van der Waals surface area contributed by atoms with Crippen LogP contribution < -0.4 is 19.7 Å². The molecule has 0 aromatic heterocycles. The van der Waals surface area contributed by atoms with Crippen molar-refractivity contribution in [3.05, 3.63) is 59.5 Å². The Hall–Kier alpha value is -3.59. The normalized spacial score (nSPS) is 19.2. The van der Waals surface area contributed by atoms with Crippen LogP contribution in [0.15, 0.2) is 58.9 Å². The molecule has 9 heteroatoms. The van der Waals surface area contributed by atoms with Crippen molar-refractivity contribution >= 4 is 46.7 Å². The number of carbonyl (C=O) groups is 3. The molecule has 2 aromatic carbocycles. The highest BCUT2D eigenvalue weighted by molar-refractivity contribution is 8.04. The summed E-state index contributed by atoms with van der Waals surface area (Å²) in [7, 11) is 0. The van der Waals surface area contributed by atoms with Crippen molar-refractivity contribution in [3.8, 4) is 11.5 Å². The van der Waals surface area contributed by atoms with Crippen molar-refractivity contribution in [1.82, 2.24) is 0 Å². The number of benzene rings is 2. The molecule has 1 atom stereocenters. The average Bonchev–Trinajstić information content (AvgIpc) is 3.23. The van der Waals surface area contributed by atoms with Gasteiger partial charge >= 0.3 is 6.03 Å². The summed E-state index contributed by atoms with van der Waals surface area (Å²) in [5.41, 5.74) is 2.29. The predicted molar refractivity (Wildman–Crippen MR) is 117 cm³/mol. The fraction of sp³-hybridized carbons (Fsp3) is 0.182. The summed E-state index contributed by atoms with van der Waals surface area (Å²) >= 11 is 1.33. The van der Waals surface area contributed by atoms with Crippen LogP contribution in [-0.4, -0.2) is 42.0 Å². The number of hydrogen-bond donors (Lipinski definition) is 1. The second kappa shape index (κ2) is 7.92. The van der Waals surface area contributed by atoms with Gasteiger partial charge in [-0.2, -0.15) is 4.99 Å². The molecule has 3 heterocycles. The number of aliphatic imine (C=N–C) groups is 1. The number of thioether (sulfide) groups is 1. The van der Waals surface area contributed by atoms with Crippen LogP contribution in [-0.2, 0) is 16.0 Å². The Morgan fingerprint density at radius 1 is 1.10 bits per heavy atom. The van der Waals surface area contributed by atoms with Gasteiger partial charge in [0.05, 0.1) is 17.8 Å². The molecular weight excluding hydrogens is 418 g/mol. The first-order chi connectivity index (χ1) is 15.1. The van der Waals surface area contributed by atoms with E-state index in [-0.39, 0.29) is 18.2 Å². The number of ether oxygens (including phenoxy) is 2. The largest absolute Gasteiger partial charge is 0.486 e. The van der Waals surface area contributed by atoms with Crippen LogP contribution in [0.2, 0.25) is 0 Å². The van der Waals surface area contributed by atoms with Gasteiger partial charge < -0.3 is 14.8 Å². The van der Waals surface area contributed by atoms with E-state index in [4.69, 9.17) is 9.47 Å². The van der Waals surface area contributed by atoms with Gasteiger partial charge in [0.15, 0.2) is 11.5 Å². The Morgan fingerprint density at radius 2 is 1.87 bits per heavy atom. The van der Waals surface area contributed by atoms with E-state index in [1.54, 1.807) is 53.9 Å². The number of fused-ring (bicyclic) bond motifs is 2. The molecule has 0 fully saturated rings. The maximum Gasteiger partial charge on any atom is 0.355 e. The molecule has 5 rings (SSSR count). The molecule has 0 saturated heterocycles. The lowest BCUT2D eigenvalue weighted by atomic mass is 10.1. The fourth-order valence-corrected chi connectivity index (χ4v) is 4.38. The molecule has 3 aliphatic rings. The Bertz CT molecular complexity index is 1140. The van der Waals surface area contributed by atoms with Crippen LogP contribution in [0.1, 0.15) is 5.56 Å². The highest BCUT2D eigenvalue weighted by Gasteiger charge is 2.39. The number of imide groups is 1. The van der Waals surface area contributed by atoms with E-state index in [1.165, 1.54) is 11.8 Å². The van der Waals surface area contributed by atoms with Gasteiger partial charge in [-0.1, -0.05) is 12.1 Å². The standard InChI is InChI=1S/C22H17N3O5S/c26-19(23-14-3-6-17-18(12-14)30-9-8-29-17)11-13-1-4-15(5-2-13)25-21(27)20-16(7-10-31-20)24-22(25)28/h1-7,10,12,20H,8-9,11H2,(H,23,26). The fourth-order valence-electron chi connectivity index (χ4n) is 3.51. The van der Waals surface area contributed by atoms with Gasteiger partial charge in [0.1, 0.15) is 18.5 Å². The van der Waals surface area contributed by atoms with Gasteiger partial charge in [-0.15, -0.1) is 11.8 Å². The molecule has 31 heavy (non-hydrogen) atoms. The number of allylic oxidation sites excluding steroid dienone is 1. The Kier molecular flexibility index (Phi) is 4.95. The Labute approximate surface area is 181 Å². The predicted octanol–water partition coefficient (Wildman–Crippen LogP) is 3.18. The Morgan fingerprint density at radius 3 is 2.68 bits per heavy atom. The van der Waals surface area contributed by atoms with Gasteiger partial charge in [-0.25, -0.2) is 9.69 Å². The monoisotopic (exact) mass is 435 g/mol. The first kappa shape index (κ1) is 19.4. The number of hydrogen-bond acceptors (Lipinski definition) is 6. The summed E-state index contributed by atoms with van der Waals surface area (Å²) in [5.74, 6) is 0.752. The number of carbonyl (C=O) groups excluding carboxylic acids is 3. The van der Waals surface area contributed by atoms with Gasteiger partial charge in [0.2, 0.25) is 5.91 Å². The van der Waals surface area contributed by atoms with E-state index in [0.717, 1.165) is 10.5 Å². The molecular formula is C22H17N3O5S. The van der Waals surface area contributed by atoms with Crippen LogP contribution in [0.5, 0.6) is 11.5 Å². The second-order valence-corrected chi connectivity index (χ2v) is 8.08. The molecule has 8 nitrogen and oxygen atoms in total. The third-order valence-corrected chi connectivity index (χ3v) is 5.98. The summed E-state index contributed by atoms with van der Waals surface area (Å²) in [5, 5.41) is 4.13. The zero-order valence-electron chi connectivity index (χ0n) is 16.2. The molecule has 1 unspecified atom stereocenters. The minimum absolute atomic E-state index is 0.140. The molecule has 2 aromatic rings. The lowest BCUT2D eigenvalue weighted by molar-refractivity contribution is -0.117. The smallest absolute Gasteiger partial charge is 0.355 e. The van der Waals surface area contributed by atoms with Crippen molar-refractivity contribution in [3.63, 3.8) is 0 Å². The van der Waals surface area contributed by atoms with Crippen molar-refractivity contribution in [2.24, 2.45) is 4.99 Å². The van der Waals surface area contributed by atoms with Crippen LogP contribution >= 0.6 is 11.8 Å². The molecule has 1 N–H and O–H groups in total. The number of rotatable bonds is 4. The topological polar surface area (TPSA) is 97.3 Å². The maximum absolute atomic E-state index is 12.7. The van der Waals surface area contributed by atoms with E-state index in [9.17, 15) is 14.4 Å². The molecule has 4 amide bonds. The first-order valence-corrected chi connectivity index (χ1v) is 10.6. The molecule has 0 bridgehead atoms. The number of nitrogens with one attached hydrogen (secondary N) is 1. The number of urea groups is 1. The lowest BCUT2D eigenvalue weighted by Crippen LogP contribution is -2.47. The number of anilines is 2. The summed E-state index contributed by atoms with van der Waals surface area (Å²) in [6.07, 6.45) is 1.83. The molecule has 0 spiro atoms. The van der Waals surface area contributed by atoms with Crippen molar-refractivity contribution in [2.75, 3.05) is 23.4 Å². The van der Waals surface area contributed by atoms with Crippen molar-refractivity contribution < 1.29 is 23.9 Å². The summed E-state index contributed by atoms with van der Waals surface area (Å²) in [6.45, 7) is 0.981. The van der Waals surface area contributed by atoms with Crippen LogP contribution in [0, 0.1) is 0 Å². The quantitative estimate of drug-likeness (QED) is 0.792. The SMILES string of the molecule is O=C(Cc1ccc(N2C(=O)N=C3C=CSC3C2=O)cc1)Nc1ccc2c(c1)OCCO2. The molecule has 156 valence electrons. The zero-order valence-corrected chi connectivity index (χ0v) is 17.1. The van der Waals surface area contributed by atoms with Crippen molar-refractivity contribution in [2.45, 2.75) is 11.7 Å². The highest BCUT2D eigenvalue weighted by Crippen LogP contribution is 2.33. The maximum atomic E-state index is 12.7. The van der Waals surface area contributed by atoms with E-state index in [0.29, 0.717) is 41.8 Å². The minimum atomic E-state index is -0.604. The van der Waals surface area contributed by atoms with Gasteiger partial charge in [0, 0.05) is 11.8 Å². The van der Waals surface area contributed by atoms with Crippen LogP contribution in [0.3, 0.4) is 0 Å². The third kappa shape index (κ3) is 3.79. The number of amides is 4. The zero-order chi connectivity index (χ0) is 21.4. The second-order valence-electron chi connectivity index (χ2n) is 7.06. The average molecular weight is 435 g/mol. The molecule has 0 aliphatic carbocycles. The van der Waals surface area contributed by atoms with E-state index in [1.807, 2.05) is 0 Å². The van der Waals surface area contributed by atoms with Gasteiger partial charge in [-0.3, -0.25) is 9.59 Å².